The Bertz CT molecular complexity index is 147. The van der Waals surface area contributed by atoms with Gasteiger partial charge >= 0.3 is 37.7 Å². The van der Waals surface area contributed by atoms with Crippen molar-refractivity contribution in [1.82, 2.24) is 0 Å². The van der Waals surface area contributed by atoms with Crippen LogP contribution in [0.4, 0.5) is 0 Å². The van der Waals surface area contributed by atoms with E-state index in [0.29, 0.717) is 0 Å². The summed E-state index contributed by atoms with van der Waals surface area (Å²) in [6, 6.07) is 0. The van der Waals surface area contributed by atoms with E-state index in [0.717, 1.165) is 0 Å². The zero-order valence-electron chi connectivity index (χ0n) is 9.83. The maximum Gasteiger partial charge on any atom is 2.00 e. The fraction of sp³-hybridized carbons (Fsp3) is 0.800. The third kappa shape index (κ3) is 31.4. The Hall–Kier alpha value is 0.520. The number of carbonyl (C=O) groups excluding carboxylic acids is 2. The molecule has 0 atom stereocenters. The number of aliphatic hydroxyl groups is 2. The summed E-state index contributed by atoms with van der Waals surface area (Å²) in [5.41, 5.74) is -1.75. The van der Waals surface area contributed by atoms with Gasteiger partial charge in [0.1, 0.15) is 0 Å². The molecule has 0 aromatic carbocycles. The summed E-state index contributed by atoms with van der Waals surface area (Å²) in [4.78, 5) is 19.1. The summed E-state index contributed by atoms with van der Waals surface area (Å²) in [7, 11) is 0. The van der Waals surface area contributed by atoms with Crippen LogP contribution >= 0.6 is 0 Å². The van der Waals surface area contributed by atoms with Crippen molar-refractivity contribution in [3.05, 3.63) is 0 Å². The molecule has 0 aromatic heterocycles. The molecule has 0 aliphatic carbocycles. The van der Waals surface area contributed by atoms with E-state index in [1.807, 2.05) is 0 Å². The van der Waals surface area contributed by atoms with Crippen molar-refractivity contribution in [2.45, 2.75) is 51.7 Å². The predicted octanol–water partition coefficient (Wildman–Crippen LogP) is 0.133. The van der Waals surface area contributed by atoms with Crippen molar-refractivity contribution in [1.29, 1.82) is 0 Å². The van der Waals surface area contributed by atoms with E-state index in [4.69, 9.17) is 10.2 Å². The Kier molecular flexibility index (Phi) is 13.5. The molecule has 2 N–H and O–H groups in total. The van der Waals surface area contributed by atoms with Gasteiger partial charge in [0.2, 0.25) is 0 Å². The molecule has 0 heterocycles. The van der Waals surface area contributed by atoms with Crippen molar-refractivity contribution >= 4 is 50.3 Å². The summed E-state index contributed by atoms with van der Waals surface area (Å²) in [5.74, 6) is 0. The topological polar surface area (TPSA) is 74.6 Å². The van der Waals surface area contributed by atoms with Gasteiger partial charge in [0.05, 0.1) is 0 Å². The average molecular weight is 242 g/mol. The van der Waals surface area contributed by atoms with E-state index in [9.17, 15) is 9.59 Å². The van der Waals surface area contributed by atoms with Gasteiger partial charge in [0.25, 0.3) is 0 Å². The van der Waals surface area contributed by atoms with E-state index >= 15 is 0 Å². The van der Waals surface area contributed by atoms with Crippen LogP contribution in [0.3, 0.4) is 0 Å². The van der Waals surface area contributed by atoms with Crippen LogP contribution in [0.2, 0.25) is 0 Å². The van der Waals surface area contributed by atoms with E-state index in [2.05, 4.69) is 0 Å². The zero-order valence-corrected chi connectivity index (χ0v) is 12.0. The maximum absolute atomic E-state index is 9.54. The molecule has 4 nitrogen and oxygen atoms in total. The second-order valence-electron chi connectivity index (χ2n) is 4.27. The number of rotatable bonds is 4. The smallest absolute Gasteiger partial charge is 0.542 e. The van der Waals surface area contributed by atoms with Crippen LogP contribution < -0.4 is 0 Å². The van der Waals surface area contributed by atoms with Crippen LogP contribution in [0.1, 0.15) is 40.5 Å². The minimum absolute atomic E-state index is 0. The second kappa shape index (κ2) is 9.72. The third-order valence-electron chi connectivity index (χ3n) is 1.01. The molecule has 0 radical (unpaired) electrons. The van der Waals surface area contributed by atoms with Crippen LogP contribution in [-0.4, -0.2) is 71.7 Å². The number of hydrogen-bond donors (Lipinski definition) is 2. The van der Waals surface area contributed by atoms with Gasteiger partial charge in [-0.1, -0.05) is 0 Å². The van der Waals surface area contributed by atoms with Gasteiger partial charge in [-0.3, -0.25) is 12.6 Å². The standard InChI is InChI=1S/2C5H9O2.Ca/c2*1-5(2,7)3-4-6;/h2*7H,3H2,1-2H3;/q2*-1;+2. The van der Waals surface area contributed by atoms with Crippen LogP contribution in [-0.2, 0) is 9.59 Å². The molecule has 0 fully saturated rings. The van der Waals surface area contributed by atoms with E-state index < -0.39 is 11.2 Å². The van der Waals surface area contributed by atoms with Crippen LogP contribution in [0.5, 0.6) is 0 Å². The van der Waals surface area contributed by atoms with Crippen molar-refractivity contribution in [2.24, 2.45) is 0 Å². The quantitative estimate of drug-likeness (QED) is 0.543. The van der Waals surface area contributed by atoms with Crippen LogP contribution in [0, 0.1) is 0 Å². The summed E-state index contributed by atoms with van der Waals surface area (Å²) < 4.78 is 0. The van der Waals surface area contributed by atoms with Gasteiger partial charge < -0.3 is 19.8 Å². The molecule has 0 saturated heterocycles. The summed E-state index contributed by atoms with van der Waals surface area (Å²) >= 11 is 0. The second-order valence-corrected chi connectivity index (χ2v) is 4.27. The molecule has 15 heavy (non-hydrogen) atoms. The normalized spacial score (nSPS) is 10.5. The van der Waals surface area contributed by atoms with Crippen LogP contribution in [0.25, 0.3) is 0 Å². The van der Waals surface area contributed by atoms with Crippen LogP contribution in [0.15, 0.2) is 0 Å². The monoisotopic (exact) mass is 242 g/mol. The Balaban J connectivity index is -0.000000180. The van der Waals surface area contributed by atoms with Crippen molar-refractivity contribution < 1.29 is 19.8 Å². The Morgan fingerprint density at radius 1 is 0.867 bits per heavy atom. The van der Waals surface area contributed by atoms with Gasteiger partial charge in [0.15, 0.2) is 0 Å². The maximum atomic E-state index is 9.54. The van der Waals surface area contributed by atoms with Gasteiger partial charge in [-0.25, -0.2) is 0 Å². The number of hydrogen-bond acceptors (Lipinski definition) is 4. The van der Waals surface area contributed by atoms with Gasteiger partial charge in [-0.2, -0.15) is 0 Å². The van der Waals surface area contributed by atoms with E-state index in [1.165, 1.54) is 0 Å². The third-order valence-corrected chi connectivity index (χ3v) is 1.01. The summed E-state index contributed by atoms with van der Waals surface area (Å²) in [6.07, 6.45) is 3.40. The molecule has 0 rings (SSSR count). The molecular formula is C10H18CaO4. The Morgan fingerprint density at radius 3 is 1.07 bits per heavy atom. The fourth-order valence-corrected chi connectivity index (χ4v) is 0.353. The minimum atomic E-state index is -0.873. The Labute approximate surface area is 121 Å². The van der Waals surface area contributed by atoms with Crippen molar-refractivity contribution in [2.75, 3.05) is 0 Å². The SMILES string of the molecule is CC(C)(O)C[C-]=O.CC(C)(O)C[C-]=O.[Ca+2]. The zero-order chi connectivity index (χ0) is 11.8. The summed E-state index contributed by atoms with van der Waals surface area (Å²) in [6.45, 7) is 6.27. The van der Waals surface area contributed by atoms with Crippen molar-refractivity contribution in [3.8, 4) is 0 Å². The first-order chi connectivity index (χ1) is 6.12. The van der Waals surface area contributed by atoms with Gasteiger partial charge in [-0.05, 0) is 27.7 Å². The van der Waals surface area contributed by atoms with Crippen molar-refractivity contribution in [3.63, 3.8) is 0 Å². The average Bonchev–Trinajstić information content (AvgIpc) is 1.81. The molecule has 0 aromatic rings. The molecule has 0 saturated carbocycles. The molecular weight excluding hydrogens is 224 g/mol. The first-order valence-corrected chi connectivity index (χ1v) is 4.27. The molecule has 5 heteroatoms. The van der Waals surface area contributed by atoms with E-state index in [1.54, 1.807) is 40.3 Å². The Morgan fingerprint density at radius 2 is 1.07 bits per heavy atom. The molecule has 84 valence electrons. The largest absolute Gasteiger partial charge is 2.00 e. The molecule has 0 aliphatic heterocycles. The molecule has 0 bridgehead atoms. The molecule has 0 aliphatic rings. The first-order valence-electron chi connectivity index (χ1n) is 4.27. The molecule has 0 amide bonds. The molecule has 0 unspecified atom stereocenters. The summed E-state index contributed by atoms with van der Waals surface area (Å²) in [5, 5.41) is 17.5. The fourth-order valence-electron chi connectivity index (χ4n) is 0.353. The first kappa shape index (κ1) is 20.9. The van der Waals surface area contributed by atoms with Gasteiger partial charge in [0, 0.05) is 11.2 Å². The minimum Gasteiger partial charge on any atom is -0.542 e. The molecule has 0 spiro atoms. The predicted molar refractivity (Wildman–Crippen MR) is 59.0 cm³/mol. The van der Waals surface area contributed by atoms with Gasteiger partial charge in [-0.15, -0.1) is 12.8 Å². The van der Waals surface area contributed by atoms with E-state index in [-0.39, 0.29) is 50.6 Å².